The molecule has 0 atom stereocenters. The monoisotopic (exact) mass is 378 g/mol. The molecular weight excluding hydrogens is 356 g/mol. The predicted octanol–water partition coefficient (Wildman–Crippen LogP) is 3.28. The van der Waals surface area contributed by atoms with Gasteiger partial charge in [-0.2, -0.15) is 0 Å². The van der Waals surface area contributed by atoms with E-state index in [1.165, 1.54) is 0 Å². The normalized spacial score (nSPS) is 9.81. The zero-order valence-electron chi connectivity index (χ0n) is 12.1. The zero-order chi connectivity index (χ0) is 14.6. The third-order valence-corrected chi connectivity index (χ3v) is 3.34. The number of amides is 1. The summed E-state index contributed by atoms with van der Waals surface area (Å²) in [5.74, 6) is 0.894. The highest BCUT2D eigenvalue weighted by Gasteiger charge is 2.01. The molecule has 0 saturated carbocycles. The van der Waals surface area contributed by atoms with Crippen LogP contribution in [0.15, 0.2) is 28.7 Å². The molecule has 0 aliphatic carbocycles. The number of rotatable bonds is 10. The molecule has 120 valence electrons. The van der Waals surface area contributed by atoms with Crippen molar-refractivity contribution in [2.24, 2.45) is 5.73 Å². The van der Waals surface area contributed by atoms with Crippen LogP contribution in [0.4, 0.5) is 0 Å². The first-order chi connectivity index (χ1) is 9.72. The molecule has 6 heteroatoms. The second-order valence-corrected chi connectivity index (χ2v) is 5.52. The lowest BCUT2D eigenvalue weighted by Crippen LogP contribution is -2.27. The van der Waals surface area contributed by atoms with E-state index in [9.17, 15) is 4.79 Å². The van der Waals surface area contributed by atoms with E-state index in [0.29, 0.717) is 19.6 Å². The second-order valence-electron chi connectivity index (χ2n) is 4.61. The van der Waals surface area contributed by atoms with E-state index < -0.39 is 0 Å². The lowest BCUT2D eigenvalue weighted by molar-refractivity contribution is -0.121. The van der Waals surface area contributed by atoms with Crippen molar-refractivity contribution in [1.82, 2.24) is 5.32 Å². The number of unbranched alkanes of at least 4 members (excludes halogenated alkanes) is 3. The standard InChI is InChI=1S/C15H23BrN2O2.ClH/c16-13-6-5-7-14(12-13)20-11-10-18-15(19)8-3-1-2-4-9-17;/h5-7,12H,1-4,8-11,17H2,(H,18,19);1H. The molecule has 1 rings (SSSR count). The molecule has 0 aromatic heterocycles. The van der Waals surface area contributed by atoms with Crippen LogP contribution in [-0.4, -0.2) is 25.6 Å². The van der Waals surface area contributed by atoms with Gasteiger partial charge in [-0.1, -0.05) is 34.8 Å². The highest BCUT2D eigenvalue weighted by molar-refractivity contribution is 9.10. The molecule has 0 unspecified atom stereocenters. The molecule has 0 aliphatic rings. The largest absolute Gasteiger partial charge is 0.492 e. The van der Waals surface area contributed by atoms with Crippen LogP contribution < -0.4 is 15.8 Å². The van der Waals surface area contributed by atoms with Crippen molar-refractivity contribution in [3.8, 4) is 5.75 Å². The van der Waals surface area contributed by atoms with Crippen molar-refractivity contribution in [3.05, 3.63) is 28.7 Å². The fourth-order valence-electron chi connectivity index (χ4n) is 1.79. The van der Waals surface area contributed by atoms with Gasteiger partial charge in [-0.15, -0.1) is 12.4 Å². The van der Waals surface area contributed by atoms with Crippen LogP contribution in [-0.2, 0) is 4.79 Å². The van der Waals surface area contributed by atoms with Crippen molar-refractivity contribution in [2.45, 2.75) is 32.1 Å². The summed E-state index contributed by atoms with van der Waals surface area (Å²) < 4.78 is 6.52. The first kappa shape index (κ1) is 20.2. The molecule has 0 radical (unpaired) electrons. The summed E-state index contributed by atoms with van der Waals surface area (Å²) in [6.45, 7) is 1.75. The van der Waals surface area contributed by atoms with E-state index in [1.807, 2.05) is 24.3 Å². The molecule has 0 heterocycles. The summed E-state index contributed by atoms with van der Waals surface area (Å²) >= 11 is 3.38. The third kappa shape index (κ3) is 10.6. The summed E-state index contributed by atoms with van der Waals surface area (Å²) in [6.07, 6.45) is 4.73. The number of nitrogens with two attached hydrogens (primary N) is 1. The predicted molar refractivity (Wildman–Crippen MR) is 92.0 cm³/mol. The SMILES string of the molecule is Cl.NCCCCCCC(=O)NCCOc1cccc(Br)c1. The number of halogens is 2. The molecule has 21 heavy (non-hydrogen) atoms. The number of carbonyl (C=O) groups is 1. The molecule has 0 bridgehead atoms. The molecule has 1 aromatic carbocycles. The van der Waals surface area contributed by atoms with Gasteiger partial charge < -0.3 is 15.8 Å². The lowest BCUT2D eigenvalue weighted by atomic mass is 10.1. The van der Waals surface area contributed by atoms with Crippen LogP contribution >= 0.6 is 28.3 Å². The molecule has 0 spiro atoms. The minimum absolute atomic E-state index is 0. The highest BCUT2D eigenvalue weighted by atomic mass is 79.9. The average Bonchev–Trinajstić information content (AvgIpc) is 2.43. The van der Waals surface area contributed by atoms with E-state index in [-0.39, 0.29) is 18.3 Å². The molecule has 1 amide bonds. The van der Waals surface area contributed by atoms with Gasteiger partial charge in [0.2, 0.25) is 5.91 Å². The van der Waals surface area contributed by atoms with Crippen molar-refractivity contribution < 1.29 is 9.53 Å². The molecule has 4 nitrogen and oxygen atoms in total. The first-order valence-corrected chi connectivity index (χ1v) is 7.87. The van der Waals surface area contributed by atoms with Crippen molar-refractivity contribution >= 4 is 34.2 Å². The quantitative estimate of drug-likeness (QED) is 0.613. The minimum Gasteiger partial charge on any atom is -0.492 e. The summed E-state index contributed by atoms with van der Waals surface area (Å²) in [7, 11) is 0. The smallest absolute Gasteiger partial charge is 0.220 e. The van der Waals surface area contributed by atoms with Gasteiger partial charge in [0.05, 0.1) is 6.54 Å². The van der Waals surface area contributed by atoms with Gasteiger partial charge in [-0.3, -0.25) is 4.79 Å². The Balaban J connectivity index is 0.00000400. The molecule has 3 N–H and O–H groups in total. The van der Waals surface area contributed by atoms with Gasteiger partial charge in [0.1, 0.15) is 12.4 Å². The van der Waals surface area contributed by atoms with E-state index in [1.54, 1.807) is 0 Å². The number of nitrogens with one attached hydrogen (secondary N) is 1. The summed E-state index contributed by atoms with van der Waals surface area (Å²) in [6, 6.07) is 7.65. The molecule has 1 aromatic rings. The van der Waals surface area contributed by atoms with Crippen molar-refractivity contribution in [3.63, 3.8) is 0 Å². The topological polar surface area (TPSA) is 64.4 Å². The van der Waals surface area contributed by atoms with Gasteiger partial charge in [0, 0.05) is 10.9 Å². The lowest BCUT2D eigenvalue weighted by Gasteiger charge is -2.08. The maximum absolute atomic E-state index is 11.5. The Hall–Kier alpha value is -0.780. The minimum atomic E-state index is 0. The Morgan fingerprint density at radius 3 is 2.71 bits per heavy atom. The number of hydrogen-bond acceptors (Lipinski definition) is 3. The first-order valence-electron chi connectivity index (χ1n) is 7.07. The number of hydrogen-bond donors (Lipinski definition) is 2. The Labute approximate surface area is 141 Å². The average molecular weight is 380 g/mol. The van der Waals surface area contributed by atoms with Gasteiger partial charge in [0.25, 0.3) is 0 Å². The van der Waals surface area contributed by atoms with Crippen LogP contribution in [0.2, 0.25) is 0 Å². The van der Waals surface area contributed by atoms with E-state index >= 15 is 0 Å². The third-order valence-electron chi connectivity index (χ3n) is 2.85. The maximum atomic E-state index is 11.5. The van der Waals surface area contributed by atoms with Gasteiger partial charge in [0.15, 0.2) is 0 Å². The van der Waals surface area contributed by atoms with Crippen LogP contribution in [0.25, 0.3) is 0 Å². The van der Waals surface area contributed by atoms with Crippen molar-refractivity contribution in [2.75, 3.05) is 19.7 Å². The van der Waals surface area contributed by atoms with Crippen LogP contribution in [0.1, 0.15) is 32.1 Å². The Bertz CT molecular complexity index is 405. The molecular formula is C15H24BrClN2O2. The fourth-order valence-corrected chi connectivity index (χ4v) is 2.17. The second kappa shape index (κ2) is 12.9. The fraction of sp³-hybridized carbons (Fsp3) is 0.533. The molecule has 0 fully saturated rings. The Morgan fingerprint density at radius 2 is 2.00 bits per heavy atom. The molecule has 0 saturated heterocycles. The highest BCUT2D eigenvalue weighted by Crippen LogP contribution is 2.17. The van der Waals surface area contributed by atoms with Crippen LogP contribution in [0, 0.1) is 0 Å². The zero-order valence-corrected chi connectivity index (χ0v) is 14.5. The molecule has 0 aliphatic heterocycles. The summed E-state index contributed by atoms with van der Waals surface area (Å²) in [4.78, 5) is 11.5. The van der Waals surface area contributed by atoms with Crippen molar-refractivity contribution in [1.29, 1.82) is 0 Å². The Morgan fingerprint density at radius 1 is 1.24 bits per heavy atom. The van der Waals surface area contributed by atoms with Gasteiger partial charge in [-0.25, -0.2) is 0 Å². The number of benzene rings is 1. The Kier molecular flexibility index (Phi) is 12.4. The number of ether oxygens (including phenoxy) is 1. The maximum Gasteiger partial charge on any atom is 0.220 e. The summed E-state index contributed by atoms with van der Waals surface area (Å²) in [5.41, 5.74) is 5.41. The van der Waals surface area contributed by atoms with E-state index in [4.69, 9.17) is 10.5 Å². The summed E-state index contributed by atoms with van der Waals surface area (Å²) in [5, 5.41) is 2.86. The number of carbonyl (C=O) groups excluding carboxylic acids is 1. The van der Waals surface area contributed by atoms with Gasteiger partial charge >= 0.3 is 0 Å². The van der Waals surface area contributed by atoms with Gasteiger partial charge in [-0.05, 0) is 37.6 Å². The van der Waals surface area contributed by atoms with Crippen LogP contribution in [0.3, 0.4) is 0 Å². The van der Waals surface area contributed by atoms with Crippen LogP contribution in [0.5, 0.6) is 5.75 Å². The van der Waals surface area contributed by atoms with E-state index in [0.717, 1.165) is 42.5 Å². The van der Waals surface area contributed by atoms with E-state index in [2.05, 4.69) is 21.2 Å².